The second-order valence-electron chi connectivity index (χ2n) is 7.65. The summed E-state index contributed by atoms with van der Waals surface area (Å²) in [6, 6.07) is 9.28. The number of aliphatic hydroxyl groups excluding tert-OH is 4. The van der Waals surface area contributed by atoms with Gasteiger partial charge in [-0.25, -0.2) is 0 Å². The molecule has 4 rings (SSSR count). The number of benzene rings is 2. The molecule has 5 atom stereocenters. The average Bonchev–Trinajstić information content (AvgIpc) is 2.83. The summed E-state index contributed by atoms with van der Waals surface area (Å²) in [5.74, 6) is -0.208. The third kappa shape index (κ3) is 3.81. The van der Waals surface area contributed by atoms with Gasteiger partial charge in [0.05, 0.1) is 31.8 Å². The minimum Gasteiger partial charge on any atom is -0.502 e. The molecule has 0 bridgehead atoms. The van der Waals surface area contributed by atoms with Gasteiger partial charge in [-0.1, -0.05) is 12.1 Å². The summed E-state index contributed by atoms with van der Waals surface area (Å²) in [6.07, 6.45) is -7.65. The molecule has 10 heteroatoms. The lowest BCUT2D eigenvalue weighted by atomic mass is 9.89. The lowest BCUT2D eigenvalue weighted by molar-refractivity contribution is -0.232. The summed E-state index contributed by atoms with van der Waals surface area (Å²) in [7, 11) is 2.68. The van der Waals surface area contributed by atoms with Gasteiger partial charge in [-0.15, -0.1) is 0 Å². The van der Waals surface area contributed by atoms with E-state index in [9.17, 15) is 30.3 Å². The standard InChI is InChI=1S/C23H24O10/c1-30-13-7-10(8-14(31-2)18(13)26)22-16(17(25)11-5-3-4-6-12(11)32-22)23-21(29)20(28)19(27)15(9-24)33-23/h3-8,15,19-21,23-24,26-29H,9H2,1-2H3/t15-,19-,20+,21-,23?/m1/s1. The number of rotatable bonds is 5. The number of ether oxygens (including phenoxy) is 3. The fourth-order valence-electron chi connectivity index (χ4n) is 3.99. The van der Waals surface area contributed by atoms with Gasteiger partial charge in [0.2, 0.25) is 5.75 Å². The number of hydrogen-bond donors (Lipinski definition) is 5. The Kier molecular flexibility index (Phi) is 6.28. The zero-order valence-electron chi connectivity index (χ0n) is 17.8. The summed E-state index contributed by atoms with van der Waals surface area (Å²) in [5.41, 5.74) is -0.171. The van der Waals surface area contributed by atoms with E-state index in [1.165, 1.54) is 32.4 Å². The highest BCUT2D eigenvalue weighted by molar-refractivity contribution is 5.81. The van der Waals surface area contributed by atoms with Crippen molar-refractivity contribution < 1.29 is 44.2 Å². The summed E-state index contributed by atoms with van der Waals surface area (Å²) in [5, 5.41) is 51.2. The first-order valence-corrected chi connectivity index (χ1v) is 10.1. The second-order valence-corrected chi connectivity index (χ2v) is 7.65. The average molecular weight is 460 g/mol. The number of fused-ring (bicyclic) bond motifs is 1. The van der Waals surface area contributed by atoms with Gasteiger partial charge in [-0.3, -0.25) is 4.79 Å². The topological polar surface area (TPSA) is 159 Å². The van der Waals surface area contributed by atoms with Crippen molar-refractivity contribution in [3.05, 3.63) is 52.2 Å². The molecule has 0 radical (unpaired) electrons. The van der Waals surface area contributed by atoms with Crippen LogP contribution in [0.15, 0.2) is 45.6 Å². The van der Waals surface area contributed by atoms with E-state index < -0.39 is 42.6 Å². The van der Waals surface area contributed by atoms with E-state index in [1.807, 2.05) is 0 Å². The molecule has 0 aliphatic carbocycles. The van der Waals surface area contributed by atoms with Crippen LogP contribution >= 0.6 is 0 Å². The van der Waals surface area contributed by atoms with Crippen molar-refractivity contribution in [2.24, 2.45) is 0 Å². The number of phenols is 1. The maximum Gasteiger partial charge on any atom is 0.200 e. The lowest BCUT2D eigenvalue weighted by Gasteiger charge is -2.40. The first-order chi connectivity index (χ1) is 15.8. The van der Waals surface area contributed by atoms with E-state index in [0.717, 1.165) is 0 Å². The van der Waals surface area contributed by atoms with Gasteiger partial charge in [-0.05, 0) is 24.3 Å². The maximum absolute atomic E-state index is 13.6. The third-order valence-electron chi connectivity index (χ3n) is 5.75. The molecule has 0 amide bonds. The Balaban J connectivity index is 2.02. The van der Waals surface area contributed by atoms with Crippen LogP contribution in [0.4, 0.5) is 0 Å². The van der Waals surface area contributed by atoms with Crippen LogP contribution in [0.3, 0.4) is 0 Å². The minimum atomic E-state index is -1.70. The number of hydrogen-bond acceptors (Lipinski definition) is 10. The van der Waals surface area contributed by atoms with Crippen molar-refractivity contribution in [2.75, 3.05) is 20.8 Å². The van der Waals surface area contributed by atoms with Crippen molar-refractivity contribution in [2.45, 2.75) is 30.5 Å². The molecule has 3 aromatic rings. The van der Waals surface area contributed by atoms with Crippen LogP contribution in [0, 0.1) is 0 Å². The molecular weight excluding hydrogens is 436 g/mol. The van der Waals surface area contributed by atoms with E-state index in [4.69, 9.17) is 18.6 Å². The Morgan fingerprint density at radius 3 is 2.21 bits per heavy atom. The molecule has 1 aliphatic heterocycles. The molecular formula is C23H24O10. The number of aliphatic hydroxyl groups is 4. The molecule has 33 heavy (non-hydrogen) atoms. The normalized spacial score (nSPS) is 25.2. The Morgan fingerprint density at radius 2 is 1.61 bits per heavy atom. The number of methoxy groups -OCH3 is 2. The summed E-state index contributed by atoms with van der Waals surface area (Å²) in [6.45, 7) is -0.656. The molecule has 1 aromatic heterocycles. The highest BCUT2D eigenvalue weighted by Crippen LogP contribution is 2.43. The first-order valence-electron chi connectivity index (χ1n) is 10.1. The van der Waals surface area contributed by atoms with Gasteiger partial charge in [0.25, 0.3) is 0 Å². The Morgan fingerprint density at radius 1 is 0.970 bits per heavy atom. The predicted molar refractivity (Wildman–Crippen MR) is 115 cm³/mol. The SMILES string of the molecule is COc1cc(-c2oc3ccccc3c(=O)c2C2O[C@H](CO)[C@@H](O)[C@H](O)[C@H]2O)cc(OC)c1O. The van der Waals surface area contributed by atoms with Crippen LogP contribution in [0.2, 0.25) is 0 Å². The minimum absolute atomic E-state index is 0.0281. The van der Waals surface area contributed by atoms with E-state index in [2.05, 4.69) is 0 Å². The van der Waals surface area contributed by atoms with Gasteiger partial charge >= 0.3 is 0 Å². The van der Waals surface area contributed by atoms with Crippen LogP contribution in [0.1, 0.15) is 11.7 Å². The van der Waals surface area contributed by atoms with Crippen LogP contribution in [-0.2, 0) is 4.74 Å². The molecule has 176 valence electrons. The van der Waals surface area contributed by atoms with Crippen molar-refractivity contribution >= 4 is 11.0 Å². The Hall–Kier alpha value is -3.15. The smallest absolute Gasteiger partial charge is 0.200 e. The zero-order valence-corrected chi connectivity index (χ0v) is 17.8. The van der Waals surface area contributed by atoms with Gasteiger partial charge < -0.3 is 44.2 Å². The maximum atomic E-state index is 13.6. The summed E-state index contributed by atoms with van der Waals surface area (Å²) in [4.78, 5) is 13.6. The first kappa shape index (κ1) is 23.0. The molecule has 0 saturated carbocycles. The Labute approximate surface area is 187 Å². The zero-order chi connectivity index (χ0) is 23.9. The fraction of sp³-hybridized carbons (Fsp3) is 0.348. The van der Waals surface area contributed by atoms with Crippen LogP contribution < -0.4 is 14.9 Å². The molecule has 0 spiro atoms. The van der Waals surface area contributed by atoms with Crippen LogP contribution in [0.25, 0.3) is 22.3 Å². The number of phenolic OH excluding ortho intramolecular Hbond substituents is 1. The summed E-state index contributed by atoms with van der Waals surface area (Å²) < 4.78 is 22.1. The van der Waals surface area contributed by atoms with Crippen LogP contribution in [0.5, 0.6) is 17.2 Å². The predicted octanol–water partition coefficient (Wildman–Crippen LogP) is 0.698. The molecule has 5 N–H and O–H groups in total. The number of aromatic hydroxyl groups is 1. The molecule has 1 fully saturated rings. The Bertz CT molecular complexity index is 1190. The van der Waals surface area contributed by atoms with E-state index in [1.54, 1.807) is 18.2 Å². The second kappa shape index (κ2) is 9.00. The van der Waals surface area contributed by atoms with Crippen molar-refractivity contribution in [1.82, 2.24) is 0 Å². The highest BCUT2D eigenvalue weighted by Gasteiger charge is 2.46. The van der Waals surface area contributed by atoms with Gasteiger partial charge in [0.1, 0.15) is 41.9 Å². The summed E-state index contributed by atoms with van der Waals surface area (Å²) >= 11 is 0. The highest BCUT2D eigenvalue weighted by atomic mass is 16.5. The van der Waals surface area contributed by atoms with E-state index in [0.29, 0.717) is 0 Å². The molecule has 2 heterocycles. The third-order valence-corrected chi connectivity index (χ3v) is 5.75. The molecule has 10 nitrogen and oxygen atoms in total. The molecule has 1 aliphatic rings. The lowest BCUT2D eigenvalue weighted by Crippen LogP contribution is -2.55. The van der Waals surface area contributed by atoms with Crippen molar-refractivity contribution in [3.8, 4) is 28.6 Å². The van der Waals surface area contributed by atoms with Gasteiger partial charge in [-0.2, -0.15) is 0 Å². The van der Waals surface area contributed by atoms with E-state index in [-0.39, 0.29) is 45.1 Å². The number of para-hydroxylation sites is 1. The fourth-order valence-corrected chi connectivity index (χ4v) is 3.99. The molecule has 2 aromatic carbocycles. The van der Waals surface area contributed by atoms with E-state index >= 15 is 0 Å². The molecule has 1 saturated heterocycles. The van der Waals surface area contributed by atoms with Gasteiger partial charge in [0.15, 0.2) is 16.9 Å². The molecule has 1 unspecified atom stereocenters. The van der Waals surface area contributed by atoms with Crippen molar-refractivity contribution in [3.63, 3.8) is 0 Å². The van der Waals surface area contributed by atoms with Crippen molar-refractivity contribution in [1.29, 1.82) is 0 Å². The largest absolute Gasteiger partial charge is 0.502 e. The van der Waals surface area contributed by atoms with Gasteiger partial charge in [0, 0.05) is 5.56 Å². The van der Waals surface area contributed by atoms with Crippen LogP contribution in [-0.4, -0.2) is 70.8 Å². The monoisotopic (exact) mass is 460 g/mol. The quantitative estimate of drug-likeness (QED) is 0.367.